The highest BCUT2D eigenvalue weighted by atomic mass is 15.1. The molecule has 51 heavy (non-hydrogen) atoms. The molecule has 0 unspecified atom stereocenters. The highest BCUT2D eigenvalue weighted by Crippen LogP contribution is 2.41. The Hall–Kier alpha value is -6.38. The van der Waals surface area contributed by atoms with Crippen LogP contribution in [0.5, 0.6) is 0 Å². The van der Waals surface area contributed by atoms with Crippen LogP contribution in [0.15, 0.2) is 201 Å². The molecule has 246 valence electrons. The molecule has 0 heterocycles. The minimum absolute atomic E-state index is 1.04. The number of fused-ring (bicyclic) bond motifs is 2. The van der Waals surface area contributed by atoms with Crippen LogP contribution in [0.25, 0.3) is 32.7 Å². The Balaban J connectivity index is 1.14. The number of benzene rings is 8. The van der Waals surface area contributed by atoms with Crippen molar-refractivity contribution in [3.63, 3.8) is 0 Å². The van der Waals surface area contributed by atoms with E-state index in [4.69, 9.17) is 0 Å². The van der Waals surface area contributed by atoms with Gasteiger partial charge in [0.05, 0.1) is 11.4 Å². The molecule has 0 aliphatic rings. The quantitative estimate of drug-likeness (QED) is 0.101. The molecule has 0 aliphatic heterocycles. The van der Waals surface area contributed by atoms with Crippen LogP contribution < -0.4 is 9.80 Å². The Morgan fingerprint density at radius 1 is 0.392 bits per heavy atom. The van der Waals surface area contributed by atoms with Gasteiger partial charge in [-0.05, 0) is 107 Å². The van der Waals surface area contributed by atoms with Crippen molar-refractivity contribution < 1.29 is 0 Å². The van der Waals surface area contributed by atoms with Crippen molar-refractivity contribution in [2.24, 2.45) is 0 Å². The summed E-state index contributed by atoms with van der Waals surface area (Å²) in [6.07, 6.45) is 5.21. The second-order valence-electron chi connectivity index (χ2n) is 12.9. The van der Waals surface area contributed by atoms with Crippen molar-refractivity contribution in [3.8, 4) is 11.1 Å². The van der Waals surface area contributed by atoms with Gasteiger partial charge in [0.1, 0.15) is 0 Å². The van der Waals surface area contributed by atoms with Crippen LogP contribution in [-0.4, -0.2) is 0 Å². The van der Waals surface area contributed by atoms with Crippen molar-refractivity contribution in [1.82, 2.24) is 0 Å². The van der Waals surface area contributed by atoms with Gasteiger partial charge in [0, 0.05) is 33.5 Å². The van der Waals surface area contributed by atoms with Crippen LogP contribution in [0.2, 0.25) is 0 Å². The van der Waals surface area contributed by atoms with E-state index in [1.165, 1.54) is 43.9 Å². The first-order chi connectivity index (χ1) is 25.3. The lowest BCUT2D eigenvalue weighted by molar-refractivity contribution is 0.844. The van der Waals surface area contributed by atoms with Crippen LogP contribution in [-0.2, 0) is 6.42 Å². The summed E-state index contributed by atoms with van der Waals surface area (Å²) in [5, 5.41) is 4.90. The predicted molar refractivity (Wildman–Crippen MR) is 219 cm³/mol. The van der Waals surface area contributed by atoms with Crippen molar-refractivity contribution >= 4 is 55.7 Å². The number of hydrogen-bond donors (Lipinski definition) is 0. The number of unbranched alkanes of at least 4 members (excludes halogenated alkanes) is 1. The lowest BCUT2D eigenvalue weighted by Gasteiger charge is -2.27. The zero-order valence-electron chi connectivity index (χ0n) is 28.7. The third-order valence-electron chi connectivity index (χ3n) is 9.68. The maximum absolute atomic E-state index is 3.88. The van der Waals surface area contributed by atoms with E-state index in [0.29, 0.717) is 0 Å². The number of allylic oxidation sites excluding steroid dienone is 1. The van der Waals surface area contributed by atoms with Gasteiger partial charge in [-0.1, -0.05) is 133 Å². The summed E-state index contributed by atoms with van der Waals surface area (Å²) in [5.74, 6) is 0. The fourth-order valence-electron chi connectivity index (χ4n) is 7.11. The molecule has 0 N–H and O–H groups in total. The van der Waals surface area contributed by atoms with Crippen LogP contribution in [0.4, 0.5) is 34.1 Å². The number of hydrogen-bond acceptors (Lipinski definition) is 2. The van der Waals surface area contributed by atoms with E-state index in [9.17, 15) is 0 Å². The molecule has 8 aromatic rings. The molecule has 0 amide bonds. The van der Waals surface area contributed by atoms with E-state index in [0.717, 1.165) is 47.7 Å². The van der Waals surface area contributed by atoms with Gasteiger partial charge in [-0.3, -0.25) is 0 Å². The number of aryl methyl sites for hydroxylation is 1. The van der Waals surface area contributed by atoms with E-state index in [1.807, 2.05) is 6.08 Å². The standard InChI is InChI=1S/C49H40N2/c1-2-3-5-14-37-25-31-43(32-26-37)51(49-24-13-18-41-16-9-11-22-47(41)49)45-35-29-39(30-36-45)38-27-33-44(34-28-38)50(42-19-6-4-7-20-42)48-23-12-17-40-15-8-10-21-46(40)48/h2,4,6-13,15-36H,1,3,5,14H2. The van der Waals surface area contributed by atoms with Gasteiger partial charge in [-0.25, -0.2) is 0 Å². The number of anilines is 6. The van der Waals surface area contributed by atoms with Crippen molar-refractivity contribution in [2.75, 3.05) is 9.80 Å². The Labute approximate surface area is 301 Å². The summed E-state index contributed by atoms with van der Waals surface area (Å²) in [4.78, 5) is 4.73. The molecule has 0 saturated carbocycles. The molecule has 0 aromatic heterocycles. The molecular weight excluding hydrogens is 617 g/mol. The minimum atomic E-state index is 1.04. The maximum Gasteiger partial charge on any atom is 0.0540 e. The fraction of sp³-hybridized carbons (Fsp3) is 0.0612. The normalized spacial score (nSPS) is 11.1. The van der Waals surface area contributed by atoms with Gasteiger partial charge in [0.15, 0.2) is 0 Å². The highest BCUT2D eigenvalue weighted by Gasteiger charge is 2.17. The summed E-state index contributed by atoms with van der Waals surface area (Å²) in [6, 6.07) is 67.9. The van der Waals surface area contributed by atoms with E-state index in [-0.39, 0.29) is 0 Å². The molecular formula is C49H40N2. The molecule has 0 fully saturated rings. The summed E-state index contributed by atoms with van der Waals surface area (Å²) in [5.41, 5.74) is 10.5. The van der Waals surface area contributed by atoms with Crippen LogP contribution >= 0.6 is 0 Å². The number of para-hydroxylation sites is 1. The Kier molecular flexibility index (Phi) is 9.13. The second kappa shape index (κ2) is 14.6. The maximum atomic E-state index is 3.88. The first-order valence-electron chi connectivity index (χ1n) is 17.8. The Morgan fingerprint density at radius 3 is 1.29 bits per heavy atom. The SMILES string of the molecule is C=CCCCc1ccc(N(c2ccc(-c3ccc(N(c4ccccc4)c4cccc5ccccc45)cc3)cc2)c2cccc3ccccc23)cc1. The average molecular weight is 657 g/mol. The van der Waals surface area contributed by atoms with Gasteiger partial charge >= 0.3 is 0 Å². The molecule has 0 aliphatic carbocycles. The fourth-order valence-corrected chi connectivity index (χ4v) is 7.11. The van der Waals surface area contributed by atoms with Crippen molar-refractivity contribution in [2.45, 2.75) is 19.3 Å². The Bertz CT molecular complexity index is 2380. The molecule has 0 bridgehead atoms. The van der Waals surface area contributed by atoms with Crippen molar-refractivity contribution in [3.05, 3.63) is 206 Å². The van der Waals surface area contributed by atoms with Crippen molar-refractivity contribution in [1.29, 1.82) is 0 Å². The third kappa shape index (κ3) is 6.65. The molecule has 0 atom stereocenters. The summed E-state index contributed by atoms with van der Waals surface area (Å²) < 4.78 is 0. The van der Waals surface area contributed by atoms with Crippen LogP contribution in [0.1, 0.15) is 18.4 Å². The molecule has 2 nitrogen and oxygen atoms in total. The van der Waals surface area contributed by atoms with Gasteiger partial charge in [-0.2, -0.15) is 0 Å². The summed E-state index contributed by atoms with van der Waals surface area (Å²) >= 11 is 0. The number of nitrogens with zero attached hydrogens (tertiary/aromatic N) is 2. The lowest BCUT2D eigenvalue weighted by atomic mass is 10.0. The van der Waals surface area contributed by atoms with Gasteiger partial charge < -0.3 is 9.80 Å². The smallest absolute Gasteiger partial charge is 0.0540 e. The zero-order valence-corrected chi connectivity index (χ0v) is 28.7. The first-order valence-corrected chi connectivity index (χ1v) is 17.8. The van der Waals surface area contributed by atoms with Crippen LogP contribution in [0.3, 0.4) is 0 Å². The molecule has 8 rings (SSSR count). The summed E-state index contributed by atoms with van der Waals surface area (Å²) in [6.45, 7) is 3.88. The Morgan fingerprint density at radius 2 is 0.804 bits per heavy atom. The van der Waals surface area contributed by atoms with Gasteiger partial charge in [-0.15, -0.1) is 6.58 Å². The monoisotopic (exact) mass is 656 g/mol. The zero-order chi connectivity index (χ0) is 34.4. The average Bonchev–Trinajstić information content (AvgIpc) is 3.20. The molecule has 0 spiro atoms. The van der Waals surface area contributed by atoms with Gasteiger partial charge in [0.2, 0.25) is 0 Å². The number of rotatable bonds is 11. The predicted octanol–water partition coefficient (Wildman–Crippen LogP) is 14.1. The largest absolute Gasteiger partial charge is 0.310 e. The molecule has 8 aromatic carbocycles. The van der Waals surface area contributed by atoms with E-state index in [1.54, 1.807) is 0 Å². The minimum Gasteiger partial charge on any atom is -0.310 e. The molecule has 0 radical (unpaired) electrons. The van der Waals surface area contributed by atoms with E-state index < -0.39 is 0 Å². The second-order valence-corrected chi connectivity index (χ2v) is 12.9. The lowest BCUT2D eigenvalue weighted by Crippen LogP contribution is -2.10. The molecule has 0 saturated heterocycles. The topological polar surface area (TPSA) is 6.48 Å². The third-order valence-corrected chi connectivity index (χ3v) is 9.68. The highest BCUT2D eigenvalue weighted by molar-refractivity contribution is 6.00. The van der Waals surface area contributed by atoms with Gasteiger partial charge in [0.25, 0.3) is 0 Å². The first kappa shape index (κ1) is 31.9. The molecule has 2 heteroatoms. The van der Waals surface area contributed by atoms with E-state index >= 15 is 0 Å². The van der Waals surface area contributed by atoms with E-state index in [2.05, 4.69) is 204 Å². The van der Waals surface area contributed by atoms with Crippen LogP contribution in [0, 0.1) is 0 Å². The summed E-state index contributed by atoms with van der Waals surface area (Å²) in [7, 11) is 0.